The predicted octanol–water partition coefficient (Wildman–Crippen LogP) is 2.84. The Morgan fingerprint density at radius 2 is 1.96 bits per heavy atom. The fourth-order valence-corrected chi connectivity index (χ4v) is 4.14. The van der Waals surface area contributed by atoms with Gasteiger partial charge in [-0.2, -0.15) is 0 Å². The van der Waals surface area contributed by atoms with Gasteiger partial charge in [-0.05, 0) is 44.9 Å². The standard InChI is InChI=1S/C19H32N4OS.HI/c1-17-9-6-7-14-23(17)15-8-12-21-19(20-2)22-13-16-25(24)18-10-4-3-5-11-18;/h3-5,10-11,17H,6-9,12-16H2,1-2H3,(H2,20,21,22);1H. The van der Waals surface area contributed by atoms with Crippen LogP contribution in [0.2, 0.25) is 0 Å². The molecule has 2 unspecified atom stereocenters. The molecule has 1 heterocycles. The molecule has 0 saturated carbocycles. The molecular weight excluding hydrogens is 459 g/mol. The van der Waals surface area contributed by atoms with Crippen LogP contribution >= 0.6 is 24.0 Å². The summed E-state index contributed by atoms with van der Waals surface area (Å²) in [5.41, 5.74) is 0. The number of aliphatic imine (C=N–C) groups is 1. The smallest absolute Gasteiger partial charge is 0.191 e. The Morgan fingerprint density at radius 3 is 2.65 bits per heavy atom. The first-order chi connectivity index (χ1) is 12.2. The van der Waals surface area contributed by atoms with E-state index in [1.807, 2.05) is 30.3 Å². The number of halogens is 1. The third-order valence-electron chi connectivity index (χ3n) is 4.66. The van der Waals surface area contributed by atoms with Crippen molar-refractivity contribution in [2.75, 3.05) is 39.0 Å². The topological polar surface area (TPSA) is 56.7 Å². The fourth-order valence-electron chi connectivity index (χ4n) is 3.15. The van der Waals surface area contributed by atoms with Crippen LogP contribution in [0.1, 0.15) is 32.6 Å². The molecule has 0 spiro atoms. The van der Waals surface area contributed by atoms with E-state index in [9.17, 15) is 4.21 Å². The molecule has 7 heteroatoms. The van der Waals surface area contributed by atoms with Crippen LogP contribution in [0.15, 0.2) is 40.2 Å². The molecule has 1 aromatic carbocycles. The minimum Gasteiger partial charge on any atom is -0.356 e. The van der Waals surface area contributed by atoms with E-state index in [4.69, 9.17) is 0 Å². The number of likely N-dealkylation sites (tertiary alicyclic amines) is 1. The Kier molecular flexibility index (Phi) is 12.1. The van der Waals surface area contributed by atoms with Gasteiger partial charge in [0.2, 0.25) is 0 Å². The van der Waals surface area contributed by atoms with Crippen molar-refractivity contribution in [3.63, 3.8) is 0 Å². The van der Waals surface area contributed by atoms with Crippen molar-refractivity contribution in [1.82, 2.24) is 15.5 Å². The van der Waals surface area contributed by atoms with E-state index in [0.717, 1.165) is 36.4 Å². The monoisotopic (exact) mass is 492 g/mol. The number of nitrogens with one attached hydrogen (secondary N) is 2. The number of rotatable bonds is 8. The average Bonchev–Trinajstić information content (AvgIpc) is 2.65. The lowest BCUT2D eigenvalue weighted by atomic mass is 10.0. The van der Waals surface area contributed by atoms with Gasteiger partial charge >= 0.3 is 0 Å². The molecule has 5 nitrogen and oxygen atoms in total. The molecule has 0 bridgehead atoms. The lowest BCUT2D eigenvalue weighted by Crippen LogP contribution is -2.42. The summed E-state index contributed by atoms with van der Waals surface area (Å²) in [5, 5.41) is 6.60. The van der Waals surface area contributed by atoms with E-state index < -0.39 is 10.8 Å². The number of hydrogen-bond acceptors (Lipinski definition) is 3. The van der Waals surface area contributed by atoms with Crippen molar-refractivity contribution in [2.45, 2.75) is 43.5 Å². The average molecular weight is 492 g/mol. The maximum absolute atomic E-state index is 12.2. The summed E-state index contributed by atoms with van der Waals surface area (Å²) in [4.78, 5) is 7.70. The molecule has 1 aliphatic rings. The van der Waals surface area contributed by atoms with E-state index in [2.05, 4.69) is 27.4 Å². The second-order valence-electron chi connectivity index (χ2n) is 6.52. The Hall–Kier alpha value is -0.670. The van der Waals surface area contributed by atoms with Crippen LogP contribution in [0.25, 0.3) is 0 Å². The summed E-state index contributed by atoms with van der Waals surface area (Å²) in [7, 11) is 0.805. The Balaban J connectivity index is 0.00000338. The fraction of sp³-hybridized carbons (Fsp3) is 0.632. The van der Waals surface area contributed by atoms with E-state index in [1.54, 1.807) is 7.05 Å². The molecule has 2 atom stereocenters. The van der Waals surface area contributed by atoms with E-state index in [-0.39, 0.29) is 24.0 Å². The quantitative estimate of drug-likeness (QED) is 0.254. The summed E-state index contributed by atoms with van der Waals surface area (Å²) >= 11 is 0. The molecule has 1 fully saturated rings. The van der Waals surface area contributed by atoms with Crippen molar-refractivity contribution < 1.29 is 4.21 Å². The van der Waals surface area contributed by atoms with Crippen molar-refractivity contribution >= 4 is 40.7 Å². The summed E-state index contributed by atoms with van der Waals surface area (Å²) in [5.74, 6) is 1.37. The minimum atomic E-state index is -0.969. The molecule has 1 aromatic rings. The van der Waals surface area contributed by atoms with Gasteiger partial charge in [-0.25, -0.2) is 0 Å². The molecule has 2 rings (SSSR count). The number of benzene rings is 1. The van der Waals surface area contributed by atoms with Crippen molar-refractivity contribution in [1.29, 1.82) is 0 Å². The van der Waals surface area contributed by atoms with Crippen LogP contribution in [0.3, 0.4) is 0 Å². The molecule has 0 radical (unpaired) electrons. The van der Waals surface area contributed by atoms with Crippen LogP contribution in [-0.2, 0) is 10.8 Å². The highest BCUT2D eigenvalue weighted by atomic mass is 127. The van der Waals surface area contributed by atoms with Gasteiger partial charge in [0, 0.05) is 43.4 Å². The normalized spacial score (nSPS) is 19.5. The SMILES string of the molecule is CN=C(NCCCN1CCCCC1C)NCCS(=O)c1ccccc1.I. The van der Waals surface area contributed by atoms with Crippen LogP contribution in [0, 0.1) is 0 Å². The van der Waals surface area contributed by atoms with Gasteiger partial charge in [-0.3, -0.25) is 9.20 Å². The van der Waals surface area contributed by atoms with E-state index in [0.29, 0.717) is 12.3 Å². The third-order valence-corrected chi connectivity index (χ3v) is 6.04. The highest BCUT2D eigenvalue weighted by Gasteiger charge is 2.17. The molecule has 1 aliphatic heterocycles. The maximum atomic E-state index is 12.2. The van der Waals surface area contributed by atoms with Gasteiger partial charge in [0.25, 0.3) is 0 Å². The molecule has 2 N–H and O–H groups in total. The summed E-state index contributed by atoms with van der Waals surface area (Å²) in [6.07, 6.45) is 5.15. The van der Waals surface area contributed by atoms with Crippen LogP contribution in [0.5, 0.6) is 0 Å². The number of guanidine groups is 1. The van der Waals surface area contributed by atoms with Crippen LogP contribution < -0.4 is 10.6 Å². The maximum Gasteiger partial charge on any atom is 0.191 e. The van der Waals surface area contributed by atoms with Gasteiger partial charge in [0.15, 0.2) is 5.96 Å². The van der Waals surface area contributed by atoms with Crippen molar-refractivity contribution in [3.05, 3.63) is 30.3 Å². The predicted molar refractivity (Wildman–Crippen MR) is 122 cm³/mol. The van der Waals surface area contributed by atoms with Gasteiger partial charge in [0.05, 0.1) is 10.8 Å². The van der Waals surface area contributed by atoms with Gasteiger partial charge in [0.1, 0.15) is 0 Å². The van der Waals surface area contributed by atoms with Crippen molar-refractivity contribution in [3.8, 4) is 0 Å². The first-order valence-corrected chi connectivity index (χ1v) is 10.6. The van der Waals surface area contributed by atoms with Gasteiger partial charge < -0.3 is 15.5 Å². The molecular formula is C19H33IN4OS. The molecule has 0 aliphatic carbocycles. The first-order valence-electron chi connectivity index (χ1n) is 9.32. The molecule has 1 saturated heterocycles. The van der Waals surface area contributed by atoms with Gasteiger partial charge in [-0.15, -0.1) is 24.0 Å². The molecule has 0 aromatic heterocycles. The Labute approximate surface area is 177 Å². The highest BCUT2D eigenvalue weighted by Crippen LogP contribution is 2.16. The highest BCUT2D eigenvalue weighted by molar-refractivity contribution is 14.0. The van der Waals surface area contributed by atoms with E-state index in [1.165, 1.54) is 25.8 Å². The number of hydrogen-bond donors (Lipinski definition) is 2. The van der Waals surface area contributed by atoms with Crippen LogP contribution in [-0.4, -0.2) is 60.1 Å². The Morgan fingerprint density at radius 1 is 1.23 bits per heavy atom. The molecule has 0 amide bonds. The zero-order chi connectivity index (χ0) is 17.9. The Bertz CT molecular complexity index is 556. The van der Waals surface area contributed by atoms with E-state index >= 15 is 0 Å². The van der Waals surface area contributed by atoms with Crippen molar-refractivity contribution in [2.24, 2.45) is 4.99 Å². The first kappa shape index (κ1) is 23.4. The third kappa shape index (κ3) is 8.35. The summed E-state index contributed by atoms with van der Waals surface area (Å²) < 4.78 is 12.2. The minimum absolute atomic E-state index is 0. The zero-order valence-electron chi connectivity index (χ0n) is 15.9. The summed E-state index contributed by atoms with van der Waals surface area (Å²) in [6.45, 7) is 6.26. The second-order valence-corrected chi connectivity index (χ2v) is 8.09. The lowest BCUT2D eigenvalue weighted by molar-refractivity contribution is 0.159. The second kappa shape index (κ2) is 13.5. The molecule has 148 valence electrons. The largest absolute Gasteiger partial charge is 0.356 e. The van der Waals surface area contributed by atoms with Gasteiger partial charge in [-0.1, -0.05) is 24.6 Å². The number of piperidine rings is 1. The lowest BCUT2D eigenvalue weighted by Gasteiger charge is -2.33. The molecule has 26 heavy (non-hydrogen) atoms. The number of nitrogens with zero attached hydrogens (tertiary/aromatic N) is 2. The van der Waals surface area contributed by atoms with Crippen LogP contribution in [0.4, 0.5) is 0 Å². The zero-order valence-corrected chi connectivity index (χ0v) is 19.1. The summed E-state index contributed by atoms with van der Waals surface area (Å²) in [6, 6.07) is 10.3.